The van der Waals surface area contributed by atoms with E-state index in [0.29, 0.717) is 11.8 Å². The number of thiol groups is 1. The van der Waals surface area contributed by atoms with Crippen LogP contribution in [0.4, 0.5) is 0 Å². The van der Waals surface area contributed by atoms with E-state index >= 15 is 0 Å². The maximum Gasteiger partial charge on any atom is 0.214 e. The maximum atomic E-state index is 10.8. The van der Waals surface area contributed by atoms with Gasteiger partial charge in [0.2, 0.25) is 5.12 Å². The molecule has 0 heterocycles. The molecule has 1 spiro atoms. The van der Waals surface area contributed by atoms with Crippen molar-refractivity contribution in [3.05, 3.63) is 11.6 Å². The van der Waals surface area contributed by atoms with Crippen LogP contribution in [0.1, 0.15) is 45.4 Å². The highest BCUT2D eigenvalue weighted by atomic mass is 32.1. The van der Waals surface area contributed by atoms with E-state index in [1.165, 1.54) is 31.3 Å². The van der Waals surface area contributed by atoms with Crippen LogP contribution in [0.15, 0.2) is 11.6 Å². The van der Waals surface area contributed by atoms with Gasteiger partial charge in [-0.2, -0.15) is 0 Å². The lowest BCUT2D eigenvalue weighted by molar-refractivity contribution is -0.117. The zero-order valence-electron chi connectivity index (χ0n) is 9.78. The van der Waals surface area contributed by atoms with Crippen molar-refractivity contribution in [1.29, 1.82) is 0 Å². The molecular weight excluding hydrogens is 220 g/mol. The van der Waals surface area contributed by atoms with E-state index in [2.05, 4.69) is 25.6 Å². The standard InChI is InChI=1S/C13H20O2S/c1-9-8-13(9)7-3-2-4-10(13)5-6-11(14)12(15)16/h5,9,11,14H,2-4,6-8H2,1H3,(H,15,16)/b10-5-. The Hall–Kier alpha value is -0.280. The number of carbonyl (C=O) groups is 1. The molecule has 3 atom stereocenters. The number of allylic oxidation sites excluding steroid dienone is 1. The molecule has 0 aromatic heterocycles. The van der Waals surface area contributed by atoms with Gasteiger partial charge in [-0.1, -0.05) is 25.0 Å². The normalized spacial score (nSPS) is 37.7. The van der Waals surface area contributed by atoms with Crippen molar-refractivity contribution in [1.82, 2.24) is 0 Å². The van der Waals surface area contributed by atoms with Crippen LogP contribution in [0.2, 0.25) is 0 Å². The molecule has 0 aliphatic heterocycles. The Morgan fingerprint density at radius 2 is 2.38 bits per heavy atom. The summed E-state index contributed by atoms with van der Waals surface area (Å²) in [6.07, 6.45) is 7.94. The quantitative estimate of drug-likeness (QED) is 0.588. The molecule has 16 heavy (non-hydrogen) atoms. The molecule has 2 aliphatic carbocycles. The summed E-state index contributed by atoms with van der Waals surface area (Å²) in [5.74, 6) is 0.794. The largest absolute Gasteiger partial charge is 0.384 e. The molecule has 2 rings (SSSR count). The van der Waals surface area contributed by atoms with Crippen LogP contribution in [0.25, 0.3) is 0 Å². The Bertz CT molecular complexity index is 324. The van der Waals surface area contributed by atoms with E-state index in [4.69, 9.17) is 0 Å². The second-order valence-electron chi connectivity index (χ2n) is 5.29. The molecular formula is C13H20O2S. The third kappa shape index (κ3) is 2.21. The fourth-order valence-electron chi connectivity index (χ4n) is 3.11. The monoisotopic (exact) mass is 240 g/mol. The minimum absolute atomic E-state index is 0.425. The molecule has 3 heteroatoms. The third-order valence-electron chi connectivity index (χ3n) is 4.28. The van der Waals surface area contributed by atoms with Crippen LogP contribution in [0.5, 0.6) is 0 Å². The van der Waals surface area contributed by atoms with Gasteiger partial charge in [0.15, 0.2) is 0 Å². The van der Waals surface area contributed by atoms with Crippen LogP contribution in [-0.2, 0) is 4.79 Å². The molecule has 0 saturated heterocycles. The number of aliphatic hydroxyl groups excluding tert-OH is 1. The SMILES string of the molecule is CC1CC12CCCC/C2=C/CC(O)C(=O)S. The second-order valence-corrected chi connectivity index (χ2v) is 5.73. The summed E-state index contributed by atoms with van der Waals surface area (Å²) in [5.41, 5.74) is 1.93. The minimum atomic E-state index is -0.927. The van der Waals surface area contributed by atoms with Gasteiger partial charge < -0.3 is 5.11 Å². The van der Waals surface area contributed by atoms with Crippen LogP contribution in [0, 0.1) is 11.3 Å². The zero-order chi connectivity index (χ0) is 11.8. The molecule has 0 radical (unpaired) electrons. The van der Waals surface area contributed by atoms with Crippen LogP contribution in [-0.4, -0.2) is 16.3 Å². The molecule has 90 valence electrons. The van der Waals surface area contributed by atoms with E-state index in [1.54, 1.807) is 0 Å². The first-order chi connectivity index (χ1) is 7.56. The maximum absolute atomic E-state index is 10.8. The number of aliphatic hydroxyl groups is 1. The van der Waals surface area contributed by atoms with Crippen molar-refractivity contribution >= 4 is 17.7 Å². The summed E-state index contributed by atoms with van der Waals surface area (Å²) < 4.78 is 0. The van der Waals surface area contributed by atoms with E-state index < -0.39 is 11.2 Å². The van der Waals surface area contributed by atoms with Crippen LogP contribution in [0.3, 0.4) is 0 Å². The molecule has 0 aromatic rings. The molecule has 2 nitrogen and oxygen atoms in total. The fourth-order valence-corrected chi connectivity index (χ4v) is 3.21. The topological polar surface area (TPSA) is 37.3 Å². The Labute approximate surface area is 103 Å². The van der Waals surface area contributed by atoms with E-state index in [1.807, 2.05) is 0 Å². The highest BCUT2D eigenvalue weighted by Crippen LogP contribution is 2.63. The number of hydrogen-bond acceptors (Lipinski definition) is 2. The Kier molecular flexibility index (Phi) is 3.45. The van der Waals surface area contributed by atoms with Gasteiger partial charge in [0.05, 0.1) is 0 Å². The fraction of sp³-hybridized carbons (Fsp3) is 0.769. The predicted octanol–water partition coefficient (Wildman–Crippen LogP) is 2.72. The summed E-state index contributed by atoms with van der Waals surface area (Å²) in [5, 5.41) is 9.02. The lowest BCUT2D eigenvalue weighted by atomic mass is 9.79. The molecule has 2 saturated carbocycles. The smallest absolute Gasteiger partial charge is 0.214 e. The summed E-state index contributed by atoms with van der Waals surface area (Å²) in [6.45, 7) is 2.30. The highest BCUT2D eigenvalue weighted by molar-refractivity contribution is 7.96. The van der Waals surface area contributed by atoms with Crippen molar-refractivity contribution in [3.8, 4) is 0 Å². The minimum Gasteiger partial charge on any atom is -0.384 e. The summed E-state index contributed by atoms with van der Waals surface area (Å²) in [7, 11) is 0. The van der Waals surface area contributed by atoms with Gasteiger partial charge in [-0.3, -0.25) is 4.79 Å². The highest BCUT2D eigenvalue weighted by Gasteiger charge is 2.53. The van der Waals surface area contributed by atoms with Crippen LogP contribution >= 0.6 is 12.6 Å². The van der Waals surface area contributed by atoms with Crippen molar-refractivity contribution in [2.24, 2.45) is 11.3 Å². The van der Waals surface area contributed by atoms with E-state index in [9.17, 15) is 9.90 Å². The molecule has 2 aliphatic rings. The average Bonchev–Trinajstić information content (AvgIpc) is 2.88. The summed E-state index contributed by atoms with van der Waals surface area (Å²) >= 11 is 3.65. The molecule has 0 amide bonds. The van der Waals surface area contributed by atoms with Gasteiger partial charge in [0.25, 0.3) is 0 Å². The predicted molar refractivity (Wildman–Crippen MR) is 67.4 cm³/mol. The molecule has 0 aromatic carbocycles. The van der Waals surface area contributed by atoms with E-state index in [0.717, 1.165) is 12.3 Å². The third-order valence-corrected chi connectivity index (χ3v) is 4.58. The van der Waals surface area contributed by atoms with Gasteiger partial charge in [-0.05, 0) is 43.4 Å². The number of rotatable bonds is 3. The molecule has 1 N–H and O–H groups in total. The molecule has 0 bridgehead atoms. The van der Waals surface area contributed by atoms with Gasteiger partial charge in [-0.25, -0.2) is 0 Å². The lowest BCUT2D eigenvalue weighted by Gasteiger charge is -2.26. The Morgan fingerprint density at radius 1 is 1.69 bits per heavy atom. The van der Waals surface area contributed by atoms with E-state index in [-0.39, 0.29) is 0 Å². The van der Waals surface area contributed by atoms with Gasteiger partial charge in [0, 0.05) is 0 Å². The van der Waals surface area contributed by atoms with Gasteiger partial charge in [-0.15, -0.1) is 12.6 Å². The van der Waals surface area contributed by atoms with Crippen molar-refractivity contribution < 1.29 is 9.90 Å². The average molecular weight is 240 g/mol. The van der Waals surface area contributed by atoms with Crippen molar-refractivity contribution in [2.75, 3.05) is 0 Å². The second kappa shape index (κ2) is 4.53. The number of carbonyl (C=O) groups excluding carboxylic acids is 1. The Balaban J connectivity index is 2.01. The zero-order valence-corrected chi connectivity index (χ0v) is 10.7. The lowest BCUT2D eigenvalue weighted by Crippen LogP contribution is -2.17. The van der Waals surface area contributed by atoms with Crippen molar-refractivity contribution in [3.63, 3.8) is 0 Å². The van der Waals surface area contributed by atoms with Gasteiger partial charge in [0.1, 0.15) is 6.10 Å². The number of hydrogen-bond donors (Lipinski definition) is 2. The first-order valence-corrected chi connectivity index (χ1v) is 6.61. The summed E-state index contributed by atoms with van der Waals surface area (Å²) in [4.78, 5) is 10.8. The molecule has 3 unspecified atom stereocenters. The van der Waals surface area contributed by atoms with Crippen LogP contribution < -0.4 is 0 Å². The summed E-state index contributed by atoms with van der Waals surface area (Å²) in [6, 6.07) is 0. The van der Waals surface area contributed by atoms with Gasteiger partial charge >= 0.3 is 0 Å². The first kappa shape index (κ1) is 12.2. The first-order valence-electron chi connectivity index (χ1n) is 6.16. The van der Waals surface area contributed by atoms with Crippen molar-refractivity contribution in [2.45, 2.75) is 51.6 Å². The Morgan fingerprint density at radius 3 is 2.94 bits per heavy atom. The molecule has 2 fully saturated rings.